The van der Waals surface area contributed by atoms with Crippen LogP contribution in [-0.2, 0) is 6.42 Å². The van der Waals surface area contributed by atoms with E-state index in [2.05, 4.69) is 4.98 Å². The highest BCUT2D eigenvalue weighted by Crippen LogP contribution is 2.39. The number of amides is 1. The fourth-order valence-electron chi connectivity index (χ4n) is 3.33. The van der Waals surface area contributed by atoms with Crippen LogP contribution >= 0.6 is 11.3 Å². The van der Waals surface area contributed by atoms with Crippen molar-refractivity contribution >= 4 is 17.2 Å². The van der Waals surface area contributed by atoms with E-state index >= 15 is 0 Å². The topological polar surface area (TPSA) is 51.7 Å². The number of thiazole rings is 1. The van der Waals surface area contributed by atoms with Gasteiger partial charge in [-0.05, 0) is 66.8 Å². The van der Waals surface area contributed by atoms with Crippen LogP contribution in [0.5, 0.6) is 16.7 Å². The highest BCUT2D eigenvalue weighted by atomic mass is 32.1. The standard InChI is InChI=1S/C22H21FN2O3S/c1-13-4-6-15(23)11-17(13)19-8-5-14-10-16(7-9-18(14)28-19)27-22-24-12-20(29-22)21(26)25(2)3/h4,6-7,9-12,19H,5,8H2,1-3H3. The van der Waals surface area contributed by atoms with Crippen molar-refractivity contribution in [2.45, 2.75) is 25.9 Å². The summed E-state index contributed by atoms with van der Waals surface area (Å²) in [5.74, 6) is 1.07. The number of aryl methyl sites for hydroxylation is 2. The monoisotopic (exact) mass is 412 g/mol. The number of carbonyl (C=O) groups excluding carboxylic acids is 1. The van der Waals surface area contributed by atoms with Crippen LogP contribution < -0.4 is 9.47 Å². The number of ether oxygens (including phenoxy) is 2. The maximum absolute atomic E-state index is 13.7. The molecule has 0 N–H and O–H groups in total. The molecule has 2 heterocycles. The average Bonchev–Trinajstić information content (AvgIpc) is 3.17. The molecular formula is C22H21FN2O3S. The summed E-state index contributed by atoms with van der Waals surface area (Å²) in [6, 6.07) is 10.4. The maximum Gasteiger partial charge on any atom is 0.279 e. The Labute approximate surface area is 172 Å². The van der Waals surface area contributed by atoms with Gasteiger partial charge >= 0.3 is 0 Å². The Morgan fingerprint density at radius 1 is 1.28 bits per heavy atom. The third-order valence-electron chi connectivity index (χ3n) is 4.87. The summed E-state index contributed by atoms with van der Waals surface area (Å²) >= 11 is 1.21. The lowest BCUT2D eigenvalue weighted by Crippen LogP contribution is -2.20. The van der Waals surface area contributed by atoms with Crippen LogP contribution in [-0.4, -0.2) is 29.9 Å². The molecule has 150 valence electrons. The van der Waals surface area contributed by atoms with Crippen molar-refractivity contribution in [3.05, 3.63) is 70.0 Å². The van der Waals surface area contributed by atoms with Crippen molar-refractivity contribution in [2.24, 2.45) is 0 Å². The number of hydrogen-bond acceptors (Lipinski definition) is 5. The minimum absolute atomic E-state index is 0.102. The van der Waals surface area contributed by atoms with E-state index in [9.17, 15) is 9.18 Å². The molecule has 2 aromatic carbocycles. The van der Waals surface area contributed by atoms with Crippen molar-refractivity contribution < 1.29 is 18.7 Å². The second-order valence-corrected chi connectivity index (χ2v) is 8.20. The minimum Gasteiger partial charge on any atom is -0.485 e. The first kappa shape index (κ1) is 19.4. The fourth-order valence-corrected chi connectivity index (χ4v) is 4.14. The van der Waals surface area contributed by atoms with Gasteiger partial charge in [-0.2, -0.15) is 0 Å². The smallest absolute Gasteiger partial charge is 0.279 e. The molecule has 3 aromatic rings. The Hall–Kier alpha value is -2.93. The Balaban J connectivity index is 1.49. The number of benzene rings is 2. The van der Waals surface area contributed by atoms with Crippen molar-refractivity contribution in [3.8, 4) is 16.7 Å². The van der Waals surface area contributed by atoms with E-state index in [0.717, 1.165) is 35.3 Å². The fraction of sp³-hybridized carbons (Fsp3) is 0.273. The lowest BCUT2D eigenvalue weighted by molar-refractivity contribution is 0.0832. The molecule has 29 heavy (non-hydrogen) atoms. The van der Waals surface area contributed by atoms with Gasteiger partial charge in [0.2, 0.25) is 0 Å². The molecule has 1 aliphatic rings. The Morgan fingerprint density at radius 2 is 2.10 bits per heavy atom. The zero-order valence-electron chi connectivity index (χ0n) is 16.4. The number of nitrogens with zero attached hydrogens (tertiary/aromatic N) is 2. The average molecular weight is 412 g/mol. The van der Waals surface area contributed by atoms with Gasteiger partial charge in [0.05, 0.1) is 6.20 Å². The first-order valence-corrected chi connectivity index (χ1v) is 10.1. The minimum atomic E-state index is -0.251. The predicted molar refractivity (Wildman–Crippen MR) is 109 cm³/mol. The van der Waals surface area contributed by atoms with E-state index in [0.29, 0.717) is 15.8 Å². The molecule has 0 saturated carbocycles. The molecule has 0 bridgehead atoms. The third-order valence-corrected chi connectivity index (χ3v) is 5.74. The van der Waals surface area contributed by atoms with Crippen LogP contribution in [0.4, 0.5) is 4.39 Å². The molecule has 1 aliphatic heterocycles. The maximum atomic E-state index is 13.7. The molecule has 7 heteroatoms. The molecule has 0 aliphatic carbocycles. The predicted octanol–water partition coefficient (Wildman–Crippen LogP) is 5.15. The second kappa shape index (κ2) is 7.83. The summed E-state index contributed by atoms with van der Waals surface area (Å²) in [4.78, 5) is 18.2. The van der Waals surface area contributed by atoms with Crippen LogP contribution in [0.3, 0.4) is 0 Å². The van der Waals surface area contributed by atoms with Gasteiger partial charge < -0.3 is 14.4 Å². The van der Waals surface area contributed by atoms with Crippen molar-refractivity contribution in [2.75, 3.05) is 14.1 Å². The molecule has 4 rings (SSSR count). The Bertz CT molecular complexity index is 1060. The SMILES string of the molecule is Cc1ccc(F)cc1C1CCc2cc(Oc3ncc(C(=O)N(C)C)s3)ccc2O1. The Kier molecular flexibility index (Phi) is 5.24. The lowest BCUT2D eigenvalue weighted by atomic mass is 9.94. The third kappa shape index (κ3) is 4.10. The van der Waals surface area contributed by atoms with Gasteiger partial charge in [0.1, 0.15) is 28.3 Å². The van der Waals surface area contributed by atoms with Crippen LogP contribution in [0, 0.1) is 12.7 Å². The van der Waals surface area contributed by atoms with Crippen molar-refractivity contribution in [3.63, 3.8) is 0 Å². The number of rotatable bonds is 4. The van der Waals surface area contributed by atoms with Crippen molar-refractivity contribution in [1.82, 2.24) is 9.88 Å². The molecular weight excluding hydrogens is 391 g/mol. The van der Waals surface area contributed by atoms with Gasteiger partial charge in [0.25, 0.3) is 11.1 Å². The largest absolute Gasteiger partial charge is 0.485 e. The zero-order valence-corrected chi connectivity index (χ0v) is 17.3. The number of hydrogen-bond donors (Lipinski definition) is 0. The normalized spacial score (nSPS) is 15.4. The summed E-state index contributed by atoms with van der Waals surface area (Å²) in [5.41, 5.74) is 2.94. The summed E-state index contributed by atoms with van der Waals surface area (Å²) in [6.07, 6.45) is 2.92. The van der Waals surface area contributed by atoms with Crippen LogP contribution in [0.25, 0.3) is 0 Å². The number of fused-ring (bicyclic) bond motifs is 1. The summed E-state index contributed by atoms with van der Waals surface area (Å²) in [6.45, 7) is 1.97. The summed E-state index contributed by atoms with van der Waals surface area (Å²) in [5, 5.41) is 0.417. The quantitative estimate of drug-likeness (QED) is 0.595. The van der Waals surface area contributed by atoms with Gasteiger partial charge in [0, 0.05) is 14.1 Å². The van der Waals surface area contributed by atoms with Gasteiger partial charge in [-0.15, -0.1) is 0 Å². The highest BCUT2D eigenvalue weighted by Gasteiger charge is 2.24. The first-order valence-electron chi connectivity index (χ1n) is 9.31. The van der Waals surface area contributed by atoms with Gasteiger partial charge in [-0.1, -0.05) is 17.4 Å². The molecule has 5 nitrogen and oxygen atoms in total. The first-order chi connectivity index (χ1) is 13.9. The van der Waals surface area contributed by atoms with E-state index in [-0.39, 0.29) is 17.8 Å². The van der Waals surface area contributed by atoms with E-state index in [4.69, 9.17) is 9.47 Å². The molecule has 1 amide bonds. The second-order valence-electron chi connectivity index (χ2n) is 7.21. The number of aromatic nitrogens is 1. The molecule has 1 unspecified atom stereocenters. The zero-order chi connectivity index (χ0) is 20.5. The lowest BCUT2D eigenvalue weighted by Gasteiger charge is -2.27. The molecule has 0 spiro atoms. The van der Waals surface area contributed by atoms with Gasteiger partial charge in [-0.3, -0.25) is 4.79 Å². The van der Waals surface area contributed by atoms with E-state index in [1.54, 1.807) is 26.2 Å². The van der Waals surface area contributed by atoms with Gasteiger partial charge in [0.15, 0.2) is 0 Å². The van der Waals surface area contributed by atoms with E-state index in [1.165, 1.54) is 28.5 Å². The highest BCUT2D eigenvalue weighted by molar-refractivity contribution is 7.15. The van der Waals surface area contributed by atoms with E-state index < -0.39 is 0 Å². The molecule has 1 aromatic heterocycles. The number of halogens is 1. The molecule has 0 radical (unpaired) electrons. The van der Waals surface area contributed by atoms with Crippen molar-refractivity contribution in [1.29, 1.82) is 0 Å². The summed E-state index contributed by atoms with van der Waals surface area (Å²) in [7, 11) is 3.40. The molecule has 0 saturated heterocycles. The van der Waals surface area contributed by atoms with E-state index in [1.807, 2.05) is 25.1 Å². The molecule has 0 fully saturated rings. The van der Waals surface area contributed by atoms with Crippen LogP contribution in [0.15, 0.2) is 42.6 Å². The molecule has 1 atom stereocenters. The van der Waals surface area contributed by atoms with Crippen LogP contribution in [0.2, 0.25) is 0 Å². The number of carbonyl (C=O) groups is 1. The van der Waals surface area contributed by atoms with Crippen LogP contribution in [0.1, 0.15) is 38.9 Å². The van der Waals surface area contributed by atoms with Gasteiger partial charge in [-0.25, -0.2) is 9.37 Å². The summed E-state index contributed by atoms with van der Waals surface area (Å²) < 4.78 is 25.6. The Morgan fingerprint density at radius 3 is 2.90 bits per heavy atom.